The van der Waals surface area contributed by atoms with E-state index in [4.69, 9.17) is 4.74 Å². The fraction of sp³-hybridized carbons (Fsp3) is 0.538. The van der Waals surface area contributed by atoms with Gasteiger partial charge in [-0.2, -0.15) is 0 Å². The molecule has 1 aromatic rings. The van der Waals surface area contributed by atoms with Crippen LogP contribution in [0, 0.1) is 0 Å². The van der Waals surface area contributed by atoms with Gasteiger partial charge in [0.2, 0.25) is 0 Å². The van der Waals surface area contributed by atoms with Crippen LogP contribution in [0.4, 0.5) is 0 Å². The molecule has 3 heteroatoms. The first-order chi connectivity index (χ1) is 7.81. The van der Waals surface area contributed by atoms with Crippen LogP contribution in [0.3, 0.4) is 0 Å². The molecule has 86 valence electrons. The van der Waals surface area contributed by atoms with Crippen molar-refractivity contribution in [3.8, 4) is 5.75 Å². The van der Waals surface area contributed by atoms with Gasteiger partial charge >= 0.3 is 0 Å². The number of hydrogen-bond acceptors (Lipinski definition) is 3. The van der Waals surface area contributed by atoms with E-state index in [2.05, 4.69) is 4.90 Å². The maximum atomic E-state index is 9.66. The van der Waals surface area contributed by atoms with Gasteiger partial charge < -0.3 is 9.84 Å². The Labute approximate surface area is 95.6 Å². The highest BCUT2D eigenvalue weighted by Gasteiger charge is 2.37. The van der Waals surface area contributed by atoms with Crippen LogP contribution in [0.5, 0.6) is 5.75 Å². The average Bonchev–Trinajstić information content (AvgIpc) is 2.27. The molecule has 0 spiro atoms. The van der Waals surface area contributed by atoms with E-state index in [1.165, 1.54) is 6.42 Å². The average molecular weight is 219 g/mol. The van der Waals surface area contributed by atoms with Crippen molar-refractivity contribution in [3.05, 3.63) is 29.8 Å². The van der Waals surface area contributed by atoms with Crippen molar-refractivity contribution < 1.29 is 9.84 Å². The van der Waals surface area contributed by atoms with E-state index in [1.54, 1.807) is 6.07 Å². The summed E-state index contributed by atoms with van der Waals surface area (Å²) in [4.78, 5) is 2.44. The lowest BCUT2D eigenvalue weighted by atomic mass is 9.98. The number of para-hydroxylation sites is 1. The minimum atomic E-state index is 0.418. The number of hydrogen-bond donors (Lipinski definition) is 1. The maximum Gasteiger partial charge on any atom is 0.118 e. The van der Waals surface area contributed by atoms with Crippen molar-refractivity contribution >= 4 is 0 Å². The minimum Gasteiger partial charge on any atom is -0.508 e. The molecule has 2 unspecified atom stereocenters. The zero-order valence-electron chi connectivity index (χ0n) is 9.30. The fourth-order valence-corrected chi connectivity index (χ4v) is 2.62. The van der Waals surface area contributed by atoms with E-state index >= 15 is 0 Å². The van der Waals surface area contributed by atoms with Crippen LogP contribution in [0.15, 0.2) is 24.3 Å². The predicted octanol–water partition coefficient (Wildman–Crippen LogP) is 1.41. The number of phenolic OH excluding ortho intramolecular Hbond substituents is 1. The van der Waals surface area contributed by atoms with E-state index in [0.717, 1.165) is 31.6 Å². The number of aromatic hydroxyl groups is 1. The van der Waals surface area contributed by atoms with Crippen molar-refractivity contribution in [2.24, 2.45) is 0 Å². The summed E-state index contributed by atoms with van der Waals surface area (Å²) < 4.78 is 5.59. The van der Waals surface area contributed by atoms with Crippen LogP contribution >= 0.6 is 0 Å². The predicted molar refractivity (Wildman–Crippen MR) is 61.5 cm³/mol. The summed E-state index contributed by atoms with van der Waals surface area (Å²) >= 11 is 0. The normalized spacial score (nSPS) is 28.8. The molecule has 2 bridgehead atoms. The van der Waals surface area contributed by atoms with Crippen molar-refractivity contribution in [3.63, 3.8) is 0 Å². The van der Waals surface area contributed by atoms with Gasteiger partial charge in [0.15, 0.2) is 0 Å². The molecular weight excluding hydrogens is 202 g/mol. The Hall–Kier alpha value is -1.06. The summed E-state index contributed by atoms with van der Waals surface area (Å²) in [5, 5.41) is 9.66. The first-order valence-electron chi connectivity index (χ1n) is 5.96. The van der Waals surface area contributed by atoms with Crippen LogP contribution in [0.25, 0.3) is 0 Å². The second-order valence-electron chi connectivity index (χ2n) is 4.75. The Morgan fingerprint density at radius 2 is 1.94 bits per heavy atom. The Morgan fingerprint density at radius 1 is 1.25 bits per heavy atom. The smallest absolute Gasteiger partial charge is 0.118 e. The molecule has 3 saturated heterocycles. The first-order valence-corrected chi connectivity index (χ1v) is 5.96. The number of morpholine rings is 1. The number of nitrogens with zero attached hydrogens (tertiary/aromatic N) is 1. The first kappa shape index (κ1) is 10.1. The van der Waals surface area contributed by atoms with Gasteiger partial charge in [-0.15, -0.1) is 0 Å². The molecule has 1 aromatic carbocycles. The van der Waals surface area contributed by atoms with Crippen molar-refractivity contribution in [2.45, 2.75) is 25.0 Å². The Kier molecular flexibility index (Phi) is 2.58. The van der Waals surface area contributed by atoms with E-state index in [0.29, 0.717) is 18.0 Å². The highest BCUT2D eigenvalue weighted by atomic mass is 16.5. The number of benzene rings is 1. The lowest BCUT2D eigenvalue weighted by Crippen LogP contribution is -2.57. The molecular formula is C13H17NO2. The molecule has 0 radical (unpaired) electrons. The number of rotatable bonds is 3. The fourth-order valence-electron chi connectivity index (χ4n) is 2.62. The Bertz CT molecular complexity index is 364. The van der Waals surface area contributed by atoms with E-state index in [1.807, 2.05) is 18.2 Å². The molecule has 1 N–H and O–H groups in total. The molecule has 0 aliphatic carbocycles. The van der Waals surface area contributed by atoms with Crippen LogP contribution in [-0.2, 0) is 11.2 Å². The topological polar surface area (TPSA) is 32.7 Å². The molecule has 4 rings (SSSR count). The lowest BCUT2D eigenvalue weighted by molar-refractivity contribution is -0.180. The highest BCUT2D eigenvalue weighted by molar-refractivity contribution is 5.31. The maximum absolute atomic E-state index is 9.66. The third kappa shape index (κ3) is 1.93. The molecule has 0 aromatic heterocycles. The van der Waals surface area contributed by atoms with Crippen LogP contribution < -0.4 is 0 Å². The second-order valence-corrected chi connectivity index (χ2v) is 4.75. The summed E-state index contributed by atoms with van der Waals surface area (Å²) in [5.41, 5.74) is 1.04. The van der Waals surface area contributed by atoms with E-state index < -0.39 is 0 Å². The van der Waals surface area contributed by atoms with Gasteiger partial charge in [-0.3, -0.25) is 4.90 Å². The number of ether oxygens (including phenoxy) is 1. The summed E-state index contributed by atoms with van der Waals surface area (Å²) in [7, 11) is 0. The van der Waals surface area contributed by atoms with Gasteiger partial charge in [-0.25, -0.2) is 0 Å². The van der Waals surface area contributed by atoms with Gasteiger partial charge in [-0.05, 0) is 18.1 Å². The molecule has 3 fully saturated rings. The quantitative estimate of drug-likeness (QED) is 0.834. The standard InChI is InChI=1S/C13H17NO2/c15-13-4-2-1-3-10(13)5-6-14-8-11-7-12(9-14)16-11/h1-4,11-12,15H,5-9H2. The molecule has 16 heavy (non-hydrogen) atoms. The molecule has 3 aliphatic rings. The number of fused-ring (bicyclic) bond motifs is 2. The molecule has 0 saturated carbocycles. The number of piperidine rings is 1. The summed E-state index contributed by atoms with van der Waals surface area (Å²) in [6.07, 6.45) is 3.12. The van der Waals surface area contributed by atoms with Crippen LogP contribution in [0.2, 0.25) is 0 Å². The molecule has 0 amide bonds. The molecule has 2 atom stereocenters. The van der Waals surface area contributed by atoms with Crippen molar-refractivity contribution in [1.29, 1.82) is 0 Å². The summed E-state index contributed by atoms with van der Waals surface area (Å²) in [5.74, 6) is 0.418. The van der Waals surface area contributed by atoms with Gasteiger partial charge in [0.05, 0.1) is 12.2 Å². The summed E-state index contributed by atoms with van der Waals surface area (Å²) in [6, 6.07) is 7.59. The summed E-state index contributed by atoms with van der Waals surface area (Å²) in [6.45, 7) is 3.14. The van der Waals surface area contributed by atoms with Gasteiger partial charge in [0, 0.05) is 26.1 Å². The van der Waals surface area contributed by atoms with Crippen LogP contribution in [-0.4, -0.2) is 41.8 Å². The monoisotopic (exact) mass is 219 g/mol. The van der Waals surface area contributed by atoms with E-state index in [9.17, 15) is 5.11 Å². The highest BCUT2D eigenvalue weighted by Crippen LogP contribution is 2.28. The Morgan fingerprint density at radius 3 is 2.62 bits per heavy atom. The van der Waals surface area contributed by atoms with E-state index in [-0.39, 0.29) is 0 Å². The molecule has 3 nitrogen and oxygen atoms in total. The largest absolute Gasteiger partial charge is 0.508 e. The lowest BCUT2D eigenvalue weighted by Gasteiger charge is -2.47. The molecule has 3 aliphatic heterocycles. The van der Waals surface area contributed by atoms with Gasteiger partial charge in [0.1, 0.15) is 5.75 Å². The van der Waals surface area contributed by atoms with Gasteiger partial charge in [-0.1, -0.05) is 18.2 Å². The third-order valence-electron chi connectivity index (χ3n) is 3.52. The van der Waals surface area contributed by atoms with Crippen molar-refractivity contribution in [1.82, 2.24) is 4.90 Å². The third-order valence-corrected chi connectivity index (χ3v) is 3.52. The minimum absolute atomic E-state index is 0.418. The SMILES string of the molecule is Oc1ccccc1CCN1CC2CC(C1)O2. The van der Waals surface area contributed by atoms with Gasteiger partial charge in [0.25, 0.3) is 0 Å². The number of phenols is 1. The molecule has 3 heterocycles. The zero-order valence-corrected chi connectivity index (χ0v) is 9.30. The second kappa shape index (κ2) is 4.07. The van der Waals surface area contributed by atoms with Crippen molar-refractivity contribution in [2.75, 3.05) is 19.6 Å². The zero-order chi connectivity index (χ0) is 11.0. The van der Waals surface area contributed by atoms with Crippen LogP contribution in [0.1, 0.15) is 12.0 Å². The Balaban J connectivity index is 1.55.